The Hall–Kier alpha value is -1.42. The number of carboxylic acids is 1. The number of ether oxygens (including phenoxy) is 1. The molecule has 0 unspecified atom stereocenters. The number of hydrogen-bond acceptors (Lipinski definition) is 3. The predicted octanol–water partition coefficient (Wildman–Crippen LogP) is 2.34. The monoisotopic (exact) mass is 224 g/mol. The van der Waals surface area contributed by atoms with Crippen molar-refractivity contribution in [2.75, 3.05) is 12.9 Å². The van der Waals surface area contributed by atoms with Gasteiger partial charge in [-0.05, 0) is 17.7 Å². The van der Waals surface area contributed by atoms with Crippen LogP contribution in [0.4, 0.5) is 0 Å². The molecule has 0 heterocycles. The number of carbonyl (C=O) groups is 1. The van der Waals surface area contributed by atoms with E-state index in [0.29, 0.717) is 11.5 Å². The second-order valence-electron chi connectivity index (χ2n) is 2.85. The van der Waals surface area contributed by atoms with Gasteiger partial charge in [0, 0.05) is 5.75 Å². The molecule has 1 aromatic rings. The lowest BCUT2D eigenvalue weighted by molar-refractivity contribution is 0.0693. The molecule has 0 aliphatic rings. The molecule has 1 aromatic carbocycles. The Morgan fingerprint density at radius 1 is 1.60 bits per heavy atom. The molecule has 1 N–H and O–H groups in total. The van der Waals surface area contributed by atoms with Gasteiger partial charge in [-0.1, -0.05) is 18.2 Å². The third-order valence-corrected chi connectivity index (χ3v) is 2.08. The molecule has 15 heavy (non-hydrogen) atoms. The Kier molecular flexibility index (Phi) is 4.24. The van der Waals surface area contributed by atoms with E-state index in [1.165, 1.54) is 13.2 Å². The van der Waals surface area contributed by atoms with Crippen LogP contribution in [-0.2, 0) is 0 Å². The van der Waals surface area contributed by atoms with E-state index in [1.807, 2.05) is 12.2 Å². The van der Waals surface area contributed by atoms with E-state index in [1.54, 1.807) is 12.1 Å². The predicted molar refractivity (Wildman–Crippen MR) is 62.8 cm³/mol. The highest BCUT2D eigenvalue weighted by molar-refractivity contribution is 7.80. The van der Waals surface area contributed by atoms with E-state index >= 15 is 0 Å². The van der Waals surface area contributed by atoms with Crippen LogP contribution in [0.2, 0.25) is 0 Å². The molecular weight excluding hydrogens is 212 g/mol. The first-order valence-electron chi connectivity index (χ1n) is 4.37. The number of benzene rings is 1. The summed E-state index contributed by atoms with van der Waals surface area (Å²) in [4.78, 5) is 10.8. The molecule has 0 saturated carbocycles. The van der Waals surface area contributed by atoms with E-state index < -0.39 is 5.97 Å². The Morgan fingerprint density at radius 2 is 2.33 bits per heavy atom. The summed E-state index contributed by atoms with van der Waals surface area (Å²) in [7, 11) is 1.45. The smallest absolute Gasteiger partial charge is 0.339 e. The van der Waals surface area contributed by atoms with E-state index in [2.05, 4.69) is 12.6 Å². The third kappa shape index (κ3) is 3.02. The average Bonchev–Trinajstić information content (AvgIpc) is 2.25. The lowest BCUT2D eigenvalue weighted by Crippen LogP contribution is -2.00. The van der Waals surface area contributed by atoms with Gasteiger partial charge in [-0.15, -0.1) is 0 Å². The van der Waals surface area contributed by atoms with Crippen molar-refractivity contribution in [3.05, 3.63) is 35.4 Å². The molecule has 3 nitrogen and oxygen atoms in total. The second kappa shape index (κ2) is 5.46. The van der Waals surface area contributed by atoms with Gasteiger partial charge < -0.3 is 9.84 Å². The van der Waals surface area contributed by atoms with E-state index in [-0.39, 0.29) is 5.56 Å². The molecule has 0 amide bonds. The quantitative estimate of drug-likeness (QED) is 0.772. The maximum absolute atomic E-state index is 10.8. The average molecular weight is 224 g/mol. The molecule has 4 heteroatoms. The van der Waals surface area contributed by atoms with Crippen LogP contribution in [0.15, 0.2) is 24.3 Å². The molecule has 0 aliphatic carbocycles. The van der Waals surface area contributed by atoms with Crippen molar-refractivity contribution >= 4 is 24.7 Å². The van der Waals surface area contributed by atoms with Crippen molar-refractivity contribution < 1.29 is 14.6 Å². The van der Waals surface area contributed by atoms with Gasteiger partial charge in [-0.2, -0.15) is 12.6 Å². The molecule has 80 valence electrons. The summed E-state index contributed by atoms with van der Waals surface area (Å²) in [6.07, 6.45) is 3.74. The SMILES string of the molecule is COc1cc(C=CCS)ccc1C(=O)O. The summed E-state index contributed by atoms with van der Waals surface area (Å²) in [6.45, 7) is 0. The zero-order valence-electron chi connectivity index (χ0n) is 8.30. The van der Waals surface area contributed by atoms with Gasteiger partial charge >= 0.3 is 5.97 Å². The zero-order chi connectivity index (χ0) is 11.3. The van der Waals surface area contributed by atoms with Crippen molar-refractivity contribution in [3.63, 3.8) is 0 Å². The first-order valence-corrected chi connectivity index (χ1v) is 5.01. The molecule has 0 aromatic heterocycles. The zero-order valence-corrected chi connectivity index (χ0v) is 9.20. The van der Waals surface area contributed by atoms with Crippen molar-refractivity contribution in [1.82, 2.24) is 0 Å². The number of hydrogen-bond donors (Lipinski definition) is 2. The van der Waals surface area contributed by atoms with E-state index in [9.17, 15) is 4.79 Å². The Morgan fingerprint density at radius 3 is 2.87 bits per heavy atom. The van der Waals surface area contributed by atoms with Crippen molar-refractivity contribution in [1.29, 1.82) is 0 Å². The van der Waals surface area contributed by atoms with Crippen LogP contribution in [0, 0.1) is 0 Å². The molecule has 0 radical (unpaired) electrons. The summed E-state index contributed by atoms with van der Waals surface area (Å²) in [6, 6.07) is 4.94. The molecule has 0 bridgehead atoms. The highest BCUT2D eigenvalue weighted by Gasteiger charge is 2.09. The van der Waals surface area contributed by atoms with Crippen molar-refractivity contribution in [2.45, 2.75) is 0 Å². The molecule has 0 spiro atoms. The first-order chi connectivity index (χ1) is 7.19. The maximum Gasteiger partial charge on any atom is 0.339 e. The van der Waals surface area contributed by atoms with Crippen molar-refractivity contribution in [2.24, 2.45) is 0 Å². The van der Waals surface area contributed by atoms with Gasteiger partial charge in [0.1, 0.15) is 11.3 Å². The molecule has 1 rings (SSSR count). The Balaban J connectivity index is 3.07. The second-order valence-corrected chi connectivity index (χ2v) is 3.21. The number of carboxylic acid groups (broad SMARTS) is 1. The van der Waals surface area contributed by atoms with Gasteiger partial charge in [0.15, 0.2) is 0 Å². The highest BCUT2D eigenvalue weighted by Crippen LogP contribution is 2.20. The number of thiol groups is 1. The lowest BCUT2D eigenvalue weighted by atomic mass is 10.1. The normalized spacial score (nSPS) is 10.5. The van der Waals surface area contributed by atoms with Crippen LogP contribution in [0.25, 0.3) is 6.08 Å². The number of rotatable bonds is 4. The molecule has 0 atom stereocenters. The standard InChI is InChI=1S/C11H12O3S/c1-14-10-7-8(3-2-6-15)4-5-9(10)11(12)13/h2-5,7,15H,6H2,1H3,(H,12,13). The Bertz CT molecular complexity index is 385. The van der Waals surface area contributed by atoms with Crippen molar-refractivity contribution in [3.8, 4) is 5.75 Å². The summed E-state index contributed by atoms with van der Waals surface area (Å²) in [5.41, 5.74) is 1.06. The van der Waals surface area contributed by atoms with Crippen LogP contribution in [-0.4, -0.2) is 23.9 Å². The molecule has 0 fully saturated rings. The summed E-state index contributed by atoms with van der Waals surface area (Å²) in [5.74, 6) is 0.0172. The topological polar surface area (TPSA) is 46.5 Å². The van der Waals surface area contributed by atoms with Crippen LogP contribution in [0.3, 0.4) is 0 Å². The van der Waals surface area contributed by atoms with Gasteiger partial charge in [-0.25, -0.2) is 4.79 Å². The van der Waals surface area contributed by atoms with E-state index in [0.717, 1.165) is 5.56 Å². The van der Waals surface area contributed by atoms with Gasteiger partial charge in [0.25, 0.3) is 0 Å². The highest BCUT2D eigenvalue weighted by atomic mass is 32.1. The fourth-order valence-corrected chi connectivity index (χ4v) is 1.28. The molecule has 0 saturated heterocycles. The summed E-state index contributed by atoms with van der Waals surface area (Å²) < 4.78 is 4.99. The fraction of sp³-hybridized carbons (Fsp3) is 0.182. The third-order valence-electron chi connectivity index (χ3n) is 1.87. The molecule has 0 aliphatic heterocycles. The number of methoxy groups -OCH3 is 1. The van der Waals surface area contributed by atoms with Crippen LogP contribution in [0.5, 0.6) is 5.75 Å². The summed E-state index contributed by atoms with van der Waals surface area (Å²) in [5, 5.41) is 8.85. The minimum Gasteiger partial charge on any atom is -0.496 e. The van der Waals surface area contributed by atoms with Crippen LogP contribution < -0.4 is 4.74 Å². The minimum atomic E-state index is -0.989. The lowest BCUT2D eigenvalue weighted by Gasteiger charge is -2.05. The number of aromatic carboxylic acids is 1. The summed E-state index contributed by atoms with van der Waals surface area (Å²) >= 11 is 4.04. The van der Waals surface area contributed by atoms with Crippen LogP contribution in [0.1, 0.15) is 15.9 Å². The minimum absolute atomic E-state index is 0.167. The van der Waals surface area contributed by atoms with Gasteiger partial charge in [0.2, 0.25) is 0 Å². The van der Waals surface area contributed by atoms with Gasteiger partial charge in [-0.3, -0.25) is 0 Å². The van der Waals surface area contributed by atoms with Gasteiger partial charge in [0.05, 0.1) is 7.11 Å². The molecular formula is C11H12O3S. The fourth-order valence-electron chi connectivity index (χ4n) is 1.18. The largest absolute Gasteiger partial charge is 0.496 e. The van der Waals surface area contributed by atoms with Crippen LogP contribution >= 0.6 is 12.6 Å². The van der Waals surface area contributed by atoms with E-state index in [4.69, 9.17) is 9.84 Å². The Labute approximate surface area is 93.8 Å². The maximum atomic E-state index is 10.8. The first kappa shape index (κ1) is 11.7.